The highest BCUT2D eigenvalue weighted by Crippen LogP contribution is 2.33. The van der Waals surface area contributed by atoms with Gasteiger partial charge < -0.3 is 29.9 Å². The van der Waals surface area contributed by atoms with Crippen LogP contribution in [0.15, 0.2) is 35.9 Å². The highest BCUT2D eigenvalue weighted by atomic mass is 127. The largest absolute Gasteiger partial charge is 0.482 e. The van der Waals surface area contributed by atoms with Gasteiger partial charge in [0.1, 0.15) is 24.6 Å². The van der Waals surface area contributed by atoms with Crippen molar-refractivity contribution in [3.8, 4) is 5.75 Å². The average Bonchev–Trinajstić information content (AvgIpc) is 3.34. The molecule has 3 unspecified atom stereocenters. The summed E-state index contributed by atoms with van der Waals surface area (Å²) in [5, 5.41) is 23.2. The van der Waals surface area contributed by atoms with Crippen LogP contribution < -0.4 is 10.1 Å². The van der Waals surface area contributed by atoms with E-state index in [-0.39, 0.29) is 44.0 Å². The number of carbonyl (C=O) groups is 2. The van der Waals surface area contributed by atoms with E-state index in [1.54, 1.807) is 11.0 Å². The van der Waals surface area contributed by atoms with E-state index in [1.165, 1.54) is 0 Å². The second-order valence-electron chi connectivity index (χ2n) is 8.32. The molecule has 2 aliphatic rings. The van der Waals surface area contributed by atoms with Gasteiger partial charge in [-0.2, -0.15) is 0 Å². The van der Waals surface area contributed by atoms with Crippen molar-refractivity contribution in [3.63, 3.8) is 0 Å². The first-order valence-electron chi connectivity index (χ1n) is 11.5. The van der Waals surface area contributed by atoms with Crippen molar-refractivity contribution in [1.82, 2.24) is 10.2 Å². The highest BCUT2D eigenvalue weighted by molar-refractivity contribution is 14.1. The maximum Gasteiger partial charge on any atom is 0.249 e. The van der Waals surface area contributed by atoms with E-state index in [0.717, 1.165) is 29.3 Å². The van der Waals surface area contributed by atoms with Gasteiger partial charge in [0.2, 0.25) is 11.8 Å². The molecule has 8 nitrogen and oxygen atoms in total. The van der Waals surface area contributed by atoms with Gasteiger partial charge in [-0.3, -0.25) is 9.59 Å². The van der Waals surface area contributed by atoms with E-state index < -0.39 is 18.2 Å². The number of aliphatic hydroxyl groups excluding tert-OH is 2. The average molecular weight is 572 g/mol. The van der Waals surface area contributed by atoms with Crippen molar-refractivity contribution >= 4 is 34.4 Å². The minimum absolute atomic E-state index is 0.00466. The normalized spacial score (nSPS) is 23.2. The first-order valence-corrected chi connectivity index (χ1v) is 12.6. The van der Waals surface area contributed by atoms with Crippen LogP contribution in [0.25, 0.3) is 0 Å². The number of carbonyl (C=O) groups excluding carboxylic acids is 2. The van der Waals surface area contributed by atoms with Gasteiger partial charge in [0.05, 0.1) is 16.2 Å². The molecule has 3 atom stereocenters. The third-order valence-electron chi connectivity index (χ3n) is 6.11. The summed E-state index contributed by atoms with van der Waals surface area (Å²) in [7, 11) is 0. The lowest BCUT2D eigenvalue weighted by Gasteiger charge is -2.43. The number of nitrogens with one attached hydrogen (secondary N) is 1. The maximum absolute atomic E-state index is 13.2. The van der Waals surface area contributed by atoms with Gasteiger partial charge in [0, 0.05) is 31.2 Å². The van der Waals surface area contributed by atoms with Gasteiger partial charge in [0.25, 0.3) is 0 Å². The minimum Gasteiger partial charge on any atom is -0.482 e. The topological polar surface area (TPSA) is 108 Å². The summed E-state index contributed by atoms with van der Waals surface area (Å²) in [5.41, 5.74) is 0.432. The minimum atomic E-state index is -1.01. The molecule has 1 aromatic rings. The van der Waals surface area contributed by atoms with Gasteiger partial charge in [-0.1, -0.05) is 25.0 Å². The molecule has 0 bridgehead atoms. The quantitative estimate of drug-likeness (QED) is 0.371. The molecular weight excluding hydrogens is 539 g/mol. The van der Waals surface area contributed by atoms with Crippen molar-refractivity contribution in [1.29, 1.82) is 0 Å². The molecule has 182 valence electrons. The highest BCUT2D eigenvalue weighted by Gasteiger charge is 2.43. The van der Waals surface area contributed by atoms with Crippen LogP contribution >= 0.6 is 22.6 Å². The number of benzene rings is 1. The number of halogens is 1. The molecule has 0 spiro atoms. The first-order chi connectivity index (χ1) is 16.0. The number of amides is 2. The van der Waals surface area contributed by atoms with E-state index in [4.69, 9.17) is 14.6 Å². The summed E-state index contributed by atoms with van der Waals surface area (Å²) < 4.78 is 12.4. The van der Waals surface area contributed by atoms with Gasteiger partial charge in [-0.05, 0) is 60.6 Å². The summed E-state index contributed by atoms with van der Waals surface area (Å²) in [4.78, 5) is 27.7. The molecule has 0 heterocycles. The zero-order valence-electron chi connectivity index (χ0n) is 18.9. The molecule has 3 N–H and O–H groups in total. The number of para-hydroxylation sites is 1. The van der Waals surface area contributed by atoms with Crippen LogP contribution in [-0.4, -0.2) is 77.6 Å². The molecule has 0 aromatic heterocycles. The Morgan fingerprint density at radius 3 is 2.64 bits per heavy atom. The lowest BCUT2D eigenvalue weighted by Crippen LogP contribution is -2.58. The second kappa shape index (κ2) is 12.7. The molecule has 1 saturated carbocycles. The van der Waals surface area contributed by atoms with E-state index in [2.05, 4.69) is 27.9 Å². The fraction of sp³-hybridized carbons (Fsp3) is 0.583. The SMILES string of the molecule is CCOCC(=O)N(C1CCCC1)C1CC(C(=O)NCCO)=CC(Oc2ccccc2I)C1O. The summed E-state index contributed by atoms with van der Waals surface area (Å²) in [6, 6.07) is 6.83. The van der Waals surface area contributed by atoms with Gasteiger partial charge >= 0.3 is 0 Å². The number of rotatable bonds is 10. The molecule has 9 heteroatoms. The third kappa shape index (κ3) is 6.68. The predicted molar refractivity (Wildman–Crippen MR) is 132 cm³/mol. The van der Waals surface area contributed by atoms with Crippen LogP contribution in [0.1, 0.15) is 39.0 Å². The van der Waals surface area contributed by atoms with Crippen LogP contribution in [0.4, 0.5) is 0 Å². The van der Waals surface area contributed by atoms with Gasteiger partial charge in [-0.15, -0.1) is 0 Å². The fourth-order valence-electron chi connectivity index (χ4n) is 4.54. The lowest BCUT2D eigenvalue weighted by atomic mass is 9.87. The molecule has 1 aromatic carbocycles. The Labute approximate surface area is 208 Å². The van der Waals surface area contributed by atoms with Crippen molar-refractivity contribution < 1.29 is 29.3 Å². The molecule has 3 rings (SSSR count). The van der Waals surface area contributed by atoms with Crippen LogP contribution in [0.3, 0.4) is 0 Å². The zero-order chi connectivity index (χ0) is 23.8. The third-order valence-corrected chi connectivity index (χ3v) is 7.00. The summed E-state index contributed by atoms with van der Waals surface area (Å²) in [5.74, 6) is 0.0843. The Bertz CT molecular complexity index is 842. The number of hydrogen-bond donors (Lipinski definition) is 3. The van der Waals surface area contributed by atoms with Crippen LogP contribution in [0.5, 0.6) is 5.75 Å². The number of hydrogen-bond acceptors (Lipinski definition) is 6. The van der Waals surface area contributed by atoms with E-state index >= 15 is 0 Å². The summed E-state index contributed by atoms with van der Waals surface area (Å²) in [6.07, 6.45) is 3.79. The van der Waals surface area contributed by atoms with Crippen LogP contribution in [-0.2, 0) is 14.3 Å². The smallest absolute Gasteiger partial charge is 0.249 e. The molecule has 2 aliphatic carbocycles. The van der Waals surface area contributed by atoms with E-state index in [0.29, 0.717) is 17.9 Å². The summed E-state index contributed by atoms with van der Waals surface area (Å²) >= 11 is 2.16. The van der Waals surface area contributed by atoms with Gasteiger partial charge in [-0.25, -0.2) is 0 Å². The second-order valence-corrected chi connectivity index (χ2v) is 9.48. The first kappa shape index (κ1) is 25.9. The summed E-state index contributed by atoms with van der Waals surface area (Å²) in [6.45, 7) is 2.15. The Kier molecular flexibility index (Phi) is 9.96. The molecular formula is C24H33IN2O6. The molecule has 33 heavy (non-hydrogen) atoms. The number of nitrogens with zero attached hydrogens (tertiary/aromatic N) is 1. The van der Waals surface area contributed by atoms with Crippen molar-refractivity contribution in [2.75, 3.05) is 26.4 Å². The predicted octanol–water partition coefficient (Wildman–Crippen LogP) is 2.01. The Hall–Kier alpha value is -1.69. The fourth-order valence-corrected chi connectivity index (χ4v) is 5.06. The Morgan fingerprint density at radius 2 is 1.97 bits per heavy atom. The molecule has 0 saturated heterocycles. The molecule has 0 aliphatic heterocycles. The standard InChI is InChI=1S/C24H33IN2O6/c1-2-32-15-22(29)27(17-7-3-4-8-17)19-13-16(24(31)26-11-12-28)14-21(23(19)30)33-20-10-6-5-9-18(20)25/h5-6,9-10,14,17,19,21,23,28,30H,2-4,7-8,11-13,15H2,1H3,(H,26,31). The lowest BCUT2D eigenvalue weighted by molar-refractivity contribution is -0.146. The molecule has 2 amide bonds. The van der Waals surface area contributed by atoms with Crippen molar-refractivity contribution in [2.45, 2.75) is 63.3 Å². The maximum atomic E-state index is 13.2. The van der Waals surface area contributed by atoms with Crippen LogP contribution in [0.2, 0.25) is 0 Å². The van der Waals surface area contributed by atoms with Crippen molar-refractivity contribution in [2.24, 2.45) is 0 Å². The van der Waals surface area contributed by atoms with E-state index in [9.17, 15) is 14.7 Å². The molecule has 1 fully saturated rings. The van der Waals surface area contributed by atoms with E-state index in [1.807, 2.05) is 31.2 Å². The number of ether oxygens (including phenoxy) is 2. The monoisotopic (exact) mass is 572 g/mol. The zero-order valence-corrected chi connectivity index (χ0v) is 21.1. The van der Waals surface area contributed by atoms with Gasteiger partial charge in [0.15, 0.2) is 0 Å². The Balaban J connectivity index is 1.93. The van der Waals surface area contributed by atoms with Crippen molar-refractivity contribution in [3.05, 3.63) is 39.5 Å². The van der Waals surface area contributed by atoms with Crippen LogP contribution in [0, 0.1) is 3.57 Å². The Morgan fingerprint density at radius 1 is 1.24 bits per heavy atom. The number of aliphatic hydroxyl groups is 2. The molecule has 0 radical (unpaired) electrons.